The third-order valence-corrected chi connectivity index (χ3v) is 5.86. The molecule has 0 radical (unpaired) electrons. The number of anilines is 1. The normalized spacial score (nSPS) is 12.5. The van der Waals surface area contributed by atoms with Gasteiger partial charge in [-0.3, -0.25) is 0 Å². The van der Waals surface area contributed by atoms with E-state index in [2.05, 4.69) is 46.9 Å². The van der Waals surface area contributed by atoms with Gasteiger partial charge in [-0.15, -0.1) is 0 Å². The number of nitrogens with zero attached hydrogens (tertiary/aromatic N) is 3. The van der Waals surface area contributed by atoms with Crippen LogP contribution in [0, 0.1) is 0 Å². The molecule has 2 aromatic carbocycles. The predicted octanol–water partition coefficient (Wildman–Crippen LogP) is 6.64. The Bertz CT molecular complexity index is 959. The molecule has 1 heterocycles. The van der Waals surface area contributed by atoms with E-state index in [1.807, 2.05) is 42.5 Å². The van der Waals surface area contributed by atoms with Crippen molar-refractivity contribution in [1.29, 1.82) is 0 Å². The van der Waals surface area contributed by atoms with Crippen molar-refractivity contribution in [3.63, 3.8) is 0 Å². The molecule has 1 atom stereocenters. The third-order valence-electron chi connectivity index (χ3n) is 5.13. The molecule has 154 valence electrons. The van der Waals surface area contributed by atoms with Gasteiger partial charge in [0.25, 0.3) is 0 Å². The average Bonchev–Trinajstić information content (AvgIpc) is 2.70. The molecule has 0 spiro atoms. The monoisotopic (exact) mass is 474 g/mol. The zero-order chi connectivity index (χ0) is 20.8. The first-order valence-corrected chi connectivity index (χ1v) is 11.4. The van der Waals surface area contributed by atoms with Gasteiger partial charge in [0.15, 0.2) is 5.82 Å². The van der Waals surface area contributed by atoms with Crippen LogP contribution in [-0.2, 0) is 0 Å². The number of aromatic nitrogens is 2. The zero-order valence-corrected chi connectivity index (χ0v) is 19.6. The van der Waals surface area contributed by atoms with Crippen molar-refractivity contribution >= 4 is 44.3 Å². The highest BCUT2D eigenvalue weighted by Crippen LogP contribution is 2.29. The van der Waals surface area contributed by atoms with E-state index in [9.17, 15) is 0 Å². The van der Waals surface area contributed by atoms with Crippen molar-refractivity contribution < 1.29 is 0 Å². The largest absolute Gasteiger partial charge is 0.367 e. The van der Waals surface area contributed by atoms with Crippen molar-refractivity contribution in [3.8, 4) is 11.4 Å². The van der Waals surface area contributed by atoms with Gasteiger partial charge in [-0.05, 0) is 69.7 Å². The Balaban J connectivity index is 1.85. The molecule has 0 saturated heterocycles. The Morgan fingerprint density at radius 3 is 2.62 bits per heavy atom. The summed E-state index contributed by atoms with van der Waals surface area (Å²) in [5.74, 6) is 1.55. The summed E-state index contributed by atoms with van der Waals surface area (Å²) < 4.78 is 1.00. The molecule has 1 aromatic heterocycles. The molecule has 0 amide bonds. The Morgan fingerprint density at radius 1 is 1.10 bits per heavy atom. The SMILES string of the molecule is CCN(CC)CCCC(C)Nc1nc(-c2cccc(Br)c2)nc2cc(Cl)ccc12. The Morgan fingerprint density at radius 2 is 1.90 bits per heavy atom. The van der Waals surface area contributed by atoms with Crippen molar-refractivity contribution in [1.82, 2.24) is 14.9 Å². The van der Waals surface area contributed by atoms with Crippen molar-refractivity contribution in [2.24, 2.45) is 0 Å². The summed E-state index contributed by atoms with van der Waals surface area (Å²) in [6, 6.07) is 14.1. The predicted molar refractivity (Wildman–Crippen MR) is 128 cm³/mol. The average molecular weight is 476 g/mol. The number of benzene rings is 2. The summed E-state index contributed by atoms with van der Waals surface area (Å²) in [4.78, 5) is 12.1. The van der Waals surface area contributed by atoms with Gasteiger partial charge in [-0.1, -0.05) is 53.5 Å². The molecular formula is C23H28BrClN4. The molecule has 29 heavy (non-hydrogen) atoms. The number of rotatable bonds is 9. The number of fused-ring (bicyclic) bond motifs is 1. The van der Waals surface area contributed by atoms with Gasteiger partial charge in [0.05, 0.1) is 5.52 Å². The molecular weight excluding hydrogens is 448 g/mol. The molecule has 0 aliphatic heterocycles. The van der Waals surface area contributed by atoms with Gasteiger partial charge in [0, 0.05) is 26.5 Å². The van der Waals surface area contributed by atoms with Crippen LogP contribution < -0.4 is 5.32 Å². The summed E-state index contributed by atoms with van der Waals surface area (Å²) in [7, 11) is 0. The molecule has 0 aliphatic carbocycles. The maximum atomic E-state index is 6.23. The van der Waals surface area contributed by atoms with E-state index in [4.69, 9.17) is 21.6 Å². The van der Waals surface area contributed by atoms with Crippen LogP contribution in [0.2, 0.25) is 5.02 Å². The first-order chi connectivity index (χ1) is 14.0. The minimum Gasteiger partial charge on any atom is -0.367 e. The minimum atomic E-state index is 0.315. The summed E-state index contributed by atoms with van der Waals surface area (Å²) in [6.07, 6.45) is 2.24. The van der Waals surface area contributed by atoms with Crippen LogP contribution in [0.3, 0.4) is 0 Å². The molecule has 0 fully saturated rings. The van der Waals surface area contributed by atoms with Crippen LogP contribution >= 0.6 is 27.5 Å². The van der Waals surface area contributed by atoms with E-state index in [0.717, 1.165) is 59.2 Å². The lowest BCUT2D eigenvalue weighted by atomic mass is 10.1. The van der Waals surface area contributed by atoms with Crippen LogP contribution in [0.5, 0.6) is 0 Å². The van der Waals surface area contributed by atoms with Crippen LogP contribution in [-0.4, -0.2) is 40.5 Å². The first-order valence-electron chi connectivity index (χ1n) is 10.2. The van der Waals surface area contributed by atoms with Crippen LogP contribution in [0.25, 0.3) is 22.3 Å². The van der Waals surface area contributed by atoms with E-state index >= 15 is 0 Å². The summed E-state index contributed by atoms with van der Waals surface area (Å²) in [6.45, 7) is 9.98. The third kappa shape index (κ3) is 5.91. The van der Waals surface area contributed by atoms with Crippen molar-refractivity contribution in [2.75, 3.05) is 25.0 Å². The van der Waals surface area contributed by atoms with Gasteiger partial charge in [0.2, 0.25) is 0 Å². The van der Waals surface area contributed by atoms with Gasteiger partial charge >= 0.3 is 0 Å². The second-order valence-electron chi connectivity index (χ2n) is 7.28. The lowest BCUT2D eigenvalue weighted by Gasteiger charge is -2.20. The Labute approximate surface area is 186 Å². The minimum absolute atomic E-state index is 0.315. The van der Waals surface area contributed by atoms with E-state index in [-0.39, 0.29) is 0 Å². The molecule has 1 N–H and O–H groups in total. The maximum absolute atomic E-state index is 6.23. The Hall–Kier alpha value is -1.69. The van der Waals surface area contributed by atoms with E-state index in [1.165, 1.54) is 0 Å². The van der Waals surface area contributed by atoms with E-state index in [0.29, 0.717) is 16.9 Å². The van der Waals surface area contributed by atoms with E-state index < -0.39 is 0 Å². The molecule has 4 nitrogen and oxygen atoms in total. The smallest absolute Gasteiger partial charge is 0.162 e. The highest BCUT2D eigenvalue weighted by atomic mass is 79.9. The summed E-state index contributed by atoms with van der Waals surface area (Å²) in [5.41, 5.74) is 1.82. The molecule has 0 saturated carbocycles. The highest BCUT2D eigenvalue weighted by molar-refractivity contribution is 9.10. The zero-order valence-electron chi connectivity index (χ0n) is 17.3. The number of nitrogens with one attached hydrogen (secondary N) is 1. The molecule has 0 aliphatic rings. The van der Waals surface area contributed by atoms with Gasteiger partial charge in [0.1, 0.15) is 5.82 Å². The fraction of sp³-hybridized carbons (Fsp3) is 0.391. The fourth-order valence-corrected chi connectivity index (χ4v) is 4.00. The molecule has 6 heteroatoms. The lowest BCUT2D eigenvalue weighted by Crippen LogP contribution is -2.25. The number of hydrogen-bond acceptors (Lipinski definition) is 4. The fourth-order valence-electron chi connectivity index (χ4n) is 3.44. The quantitative estimate of drug-likeness (QED) is 0.377. The standard InChI is InChI=1S/C23H28BrClN4/c1-4-29(5-2)13-7-8-16(3)26-23-20-12-11-19(25)15-21(20)27-22(28-23)17-9-6-10-18(24)14-17/h6,9-12,14-16H,4-5,7-8,13H2,1-3H3,(H,26,27,28). The van der Waals surface area contributed by atoms with Crippen molar-refractivity contribution in [2.45, 2.75) is 39.7 Å². The topological polar surface area (TPSA) is 41.0 Å². The summed E-state index contributed by atoms with van der Waals surface area (Å²) >= 11 is 9.77. The maximum Gasteiger partial charge on any atom is 0.162 e. The highest BCUT2D eigenvalue weighted by Gasteiger charge is 2.13. The molecule has 3 aromatic rings. The second-order valence-corrected chi connectivity index (χ2v) is 8.63. The van der Waals surface area contributed by atoms with Gasteiger partial charge in [-0.25, -0.2) is 9.97 Å². The first kappa shape index (κ1) is 22.0. The van der Waals surface area contributed by atoms with Crippen LogP contribution in [0.15, 0.2) is 46.9 Å². The second kappa shape index (κ2) is 10.4. The number of halogens is 2. The van der Waals surface area contributed by atoms with Gasteiger partial charge < -0.3 is 10.2 Å². The van der Waals surface area contributed by atoms with Crippen LogP contribution in [0.1, 0.15) is 33.6 Å². The summed E-state index contributed by atoms with van der Waals surface area (Å²) in [5, 5.41) is 5.28. The molecule has 0 bridgehead atoms. The van der Waals surface area contributed by atoms with Crippen LogP contribution in [0.4, 0.5) is 5.82 Å². The van der Waals surface area contributed by atoms with Gasteiger partial charge in [-0.2, -0.15) is 0 Å². The molecule has 3 rings (SSSR count). The molecule has 1 unspecified atom stereocenters. The number of hydrogen-bond donors (Lipinski definition) is 1. The van der Waals surface area contributed by atoms with E-state index in [1.54, 1.807) is 0 Å². The van der Waals surface area contributed by atoms with Crippen molar-refractivity contribution in [3.05, 3.63) is 52.0 Å². The lowest BCUT2D eigenvalue weighted by molar-refractivity contribution is 0.295. The Kier molecular flexibility index (Phi) is 7.87.